The quantitative estimate of drug-likeness (QED) is 0.0948. The van der Waals surface area contributed by atoms with Crippen molar-refractivity contribution >= 4 is 34.1 Å². The van der Waals surface area contributed by atoms with Gasteiger partial charge in [-0.15, -0.1) is 0 Å². The predicted octanol–water partition coefficient (Wildman–Crippen LogP) is 7.38. The van der Waals surface area contributed by atoms with E-state index in [1.54, 1.807) is 0 Å². The van der Waals surface area contributed by atoms with Crippen LogP contribution in [-0.2, 0) is 0 Å². The molecular weight excluding hydrogens is 564 g/mol. The predicted molar refractivity (Wildman–Crippen MR) is 121 cm³/mol. The lowest BCUT2D eigenvalue weighted by molar-refractivity contribution is 0.376. The lowest BCUT2D eigenvalue weighted by Crippen LogP contribution is -2.47. The van der Waals surface area contributed by atoms with E-state index >= 15 is 0 Å². The molecule has 204 valence electrons. The first kappa shape index (κ1) is 27.1. The van der Waals surface area contributed by atoms with E-state index in [0.29, 0.717) is 24.3 Å². The van der Waals surface area contributed by atoms with Crippen LogP contribution in [-0.4, -0.2) is 7.12 Å². The molecule has 5 aromatic carbocycles. The topological polar surface area (TPSA) is 18.5 Å². The molecule has 5 aromatic rings. The van der Waals surface area contributed by atoms with Crippen LogP contribution in [0.2, 0.25) is 0 Å². The van der Waals surface area contributed by atoms with E-state index in [1.165, 1.54) is 0 Å². The van der Waals surface area contributed by atoms with Gasteiger partial charge in [-0.2, -0.15) is 0 Å². The molecule has 0 atom stereocenters. The Morgan fingerprint density at radius 2 is 0.725 bits per heavy atom. The zero-order valence-electron chi connectivity index (χ0n) is 19.2. The SMILES string of the molecule is Fc1ccc2c(OB(Oc3ccc(F)c4c(F)c(F)ccc34)c3c(F)c(F)c(F)c(F)c3F)ccc(F)c2c1F. The summed E-state index contributed by atoms with van der Waals surface area (Å²) in [5.41, 5.74) is -1.74. The zero-order chi connectivity index (χ0) is 29.0. The minimum atomic E-state index is -2.69. The summed E-state index contributed by atoms with van der Waals surface area (Å²) in [5, 5.41) is -3.07. The first-order chi connectivity index (χ1) is 18.9. The molecular formula is C26H8BF11O2. The standard InChI is InChI=1S/C26H8BF11O2/c28-11-5-7-15(9-1-3-13(30)20(32)17(9)11)39-27(19-22(34)24(36)26(38)25(37)23(19)35)40-16-8-6-12(29)18-10(16)2-4-14(31)21(18)33/h1-8H. The highest BCUT2D eigenvalue weighted by Gasteiger charge is 2.40. The van der Waals surface area contributed by atoms with E-state index in [4.69, 9.17) is 9.31 Å². The van der Waals surface area contributed by atoms with E-state index in [9.17, 15) is 48.3 Å². The van der Waals surface area contributed by atoms with Crippen molar-refractivity contribution in [2.45, 2.75) is 0 Å². The maximum absolute atomic E-state index is 14.8. The van der Waals surface area contributed by atoms with Crippen LogP contribution in [0.5, 0.6) is 11.5 Å². The highest BCUT2D eigenvalue weighted by molar-refractivity contribution is 6.63. The lowest BCUT2D eigenvalue weighted by Gasteiger charge is -2.21. The summed E-state index contributed by atoms with van der Waals surface area (Å²) in [6, 6.07) is 5.32. The van der Waals surface area contributed by atoms with Gasteiger partial charge in [0.15, 0.2) is 52.4 Å². The molecule has 0 bridgehead atoms. The van der Waals surface area contributed by atoms with Gasteiger partial charge in [0.1, 0.15) is 23.1 Å². The van der Waals surface area contributed by atoms with Crippen molar-refractivity contribution in [2.24, 2.45) is 0 Å². The summed E-state index contributed by atoms with van der Waals surface area (Å²) < 4.78 is 167. The Labute approximate surface area is 216 Å². The number of hydrogen-bond donors (Lipinski definition) is 0. The fraction of sp³-hybridized carbons (Fsp3) is 0. The molecule has 5 rings (SSSR count). The molecule has 40 heavy (non-hydrogen) atoms. The number of rotatable bonds is 5. The Balaban J connectivity index is 1.75. The number of benzene rings is 5. The van der Waals surface area contributed by atoms with Gasteiger partial charge in [0.05, 0.1) is 16.2 Å². The first-order valence-corrected chi connectivity index (χ1v) is 10.9. The Morgan fingerprint density at radius 1 is 0.375 bits per heavy atom. The molecule has 0 aliphatic rings. The van der Waals surface area contributed by atoms with E-state index in [-0.39, 0.29) is 0 Å². The highest BCUT2D eigenvalue weighted by Crippen LogP contribution is 2.34. The summed E-state index contributed by atoms with van der Waals surface area (Å²) in [5.74, 6) is -22.5. The summed E-state index contributed by atoms with van der Waals surface area (Å²) in [6.07, 6.45) is 0. The molecule has 0 heterocycles. The average molecular weight is 572 g/mol. The molecule has 14 heteroatoms. The van der Waals surface area contributed by atoms with Crippen LogP contribution in [0.3, 0.4) is 0 Å². The van der Waals surface area contributed by atoms with Gasteiger partial charge in [-0.25, -0.2) is 48.3 Å². The van der Waals surface area contributed by atoms with E-state index in [1.807, 2.05) is 0 Å². The smallest absolute Gasteiger partial charge is 0.521 e. The van der Waals surface area contributed by atoms with Crippen molar-refractivity contribution in [3.8, 4) is 11.5 Å². The third-order valence-corrected chi connectivity index (χ3v) is 5.91. The monoisotopic (exact) mass is 572 g/mol. The van der Waals surface area contributed by atoms with Crippen LogP contribution in [0.4, 0.5) is 48.3 Å². The van der Waals surface area contributed by atoms with E-state index in [0.717, 1.165) is 24.3 Å². The molecule has 0 radical (unpaired) electrons. The van der Waals surface area contributed by atoms with Gasteiger partial charge in [0.2, 0.25) is 0 Å². The molecule has 2 nitrogen and oxygen atoms in total. The van der Waals surface area contributed by atoms with E-state index in [2.05, 4.69) is 0 Å². The summed E-state index contributed by atoms with van der Waals surface area (Å²) >= 11 is 0. The molecule has 0 amide bonds. The molecule has 0 saturated heterocycles. The Hall–Kier alpha value is -4.49. The molecule has 0 aromatic heterocycles. The maximum atomic E-state index is 14.8. The second-order valence-electron chi connectivity index (χ2n) is 8.21. The van der Waals surface area contributed by atoms with Crippen LogP contribution >= 0.6 is 0 Å². The van der Waals surface area contributed by atoms with Gasteiger partial charge in [-0.05, 0) is 48.5 Å². The van der Waals surface area contributed by atoms with E-state index < -0.39 is 110 Å². The molecule has 0 aliphatic carbocycles. The average Bonchev–Trinajstić information content (AvgIpc) is 2.92. The van der Waals surface area contributed by atoms with Gasteiger partial charge in [-0.3, -0.25) is 0 Å². The van der Waals surface area contributed by atoms with Crippen LogP contribution in [0.15, 0.2) is 48.5 Å². The van der Waals surface area contributed by atoms with Crippen molar-refractivity contribution < 1.29 is 57.6 Å². The maximum Gasteiger partial charge on any atom is 0.639 e. The van der Waals surface area contributed by atoms with Gasteiger partial charge in [0, 0.05) is 10.8 Å². The third kappa shape index (κ3) is 4.23. The number of hydrogen-bond acceptors (Lipinski definition) is 2. The molecule has 0 spiro atoms. The fourth-order valence-corrected chi connectivity index (χ4v) is 4.03. The van der Waals surface area contributed by atoms with Crippen LogP contribution < -0.4 is 14.8 Å². The number of fused-ring (bicyclic) bond motifs is 2. The van der Waals surface area contributed by atoms with Crippen LogP contribution in [0, 0.1) is 64.0 Å². The van der Waals surface area contributed by atoms with Crippen LogP contribution in [0.25, 0.3) is 21.5 Å². The minimum absolute atomic E-state index is 0.545. The highest BCUT2D eigenvalue weighted by atomic mass is 19.2. The summed E-state index contributed by atoms with van der Waals surface area (Å²) in [7, 11) is -2.69. The summed E-state index contributed by atoms with van der Waals surface area (Å²) in [6.45, 7) is 0. The molecule has 0 saturated carbocycles. The molecule has 0 unspecified atom stereocenters. The number of halogens is 11. The van der Waals surface area contributed by atoms with Crippen LogP contribution in [0.1, 0.15) is 0 Å². The van der Waals surface area contributed by atoms with Crippen molar-refractivity contribution in [3.63, 3.8) is 0 Å². The van der Waals surface area contributed by atoms with Gasteiger partial charge >= 0.3 is 7.12 Å². The normalized spacial score (nSPS) is 11.4. The summed E-state index contributed by atoms with van der Waals surface area (Å²) in [4.78, 5) is 0. The van der Waals surface area contributed by atoms with Gasteiger partial charge in [0.25, 0.3) is 0 Å². The largest absolute Gasteiger partial charge is 0.639 e. The Morgan fingerprint density at radius 3 is 1.12 bits per heavy atom. The fourth-order valence-electron chi connectivity index (χ4n) is 4.03. The van der Waals surface area contributed by atoms with Gasteiger partial charge < -0.3 is 9.31 Å². The third-order valence-electron chi connectivity index (χ3n) is 5.91. The van der Waals surface area contributed by atoms with Gasteiger partial charge in [-0.1, -0.05) is 0 Å². The van der Waals surface area contributed by atoms with Crippen molar-refractivity contribution in [1.82, 2.24) is 0 Å². The first-order valence-electron chi connectivity index (χ1n) is 10.9. The zero-order valence-corrected chi connectivity index (χ0v) is 19.2. The Bertz CT molecular complexity index is 1720. The second-order valence-corrected chi connectivity index (χ2v) is 8.21. The van der Waals surface area contributed by atoms with Crippen molar-refractivity contribution in [3.05, 3.63) is 113 Å². The molecule has 0 aliphatic heterocycles. The lowest BCUT2D eigenvalue weighted by atomic mass is 9.77. The van der Waals surface area contributed by atoms with Crippen molar-refractivity contribution in [1.29, 1.82) is 0 Å². The van der Waals surface area contributed by atoms with Crippen molar-refractivity contribution in [2.75, 3.05) is 0 Å². The second kappa shape index (κ2) is 9.92. The molecule has 0 N–H and O–H groups in total. The molecule has 0 fully saturated rings. The Kier molecular flexibility index (Phi) is 6.72. The minimum Gasteiger partial charge on any atom is -0.521 e.